The molecule has 8 heteroatoms. The number of thioether (sulfide) groups is 1. The quantitative estimate of drug-likeness (QED) is 0.618. The average molecular weight is 355 g/mol. The van der Waals surface area contributed by atoms with Crippen molar-refractivity contribution in [2.75, 3.05) is 0 Å². The number of aromatic amines is 2. The number of ether oxygens (including phenoxy) is 1. The lowest BCUT2D eigenvalue weighted by atomic mass is 9.75. The van der Waals surface area contributed by atoms with E-state index >= 15 is 0 Å². The maximum Gasteiger partial charge on any atom is 0.342 e. The van der Waals surface area contributed by atoms with Gasteiger partial charge in [-0.1, -0.05) is 39.0 Å². The van der Waals surface area contributed by atoms with Crippen molar-refractivity contribution < 1.29 is 9.53 Å². The molecule has 1 aliphatic rings. The number of carbonyl (C=O) groups excluding carboxylic acids is 1. The summed E-state index contributed by atoms with van der Waals surface area (Å²) in [5, 5.41) is 5.31. The lowest BCUT2D eigenvalue weighted by molar-refractivity contribution is -0.154. The van der Waals surface area contributed by atoms with Crippen LogP contribution in [-0.2, 0) is 9.53 Å². The molecule has 1 saturated carbocycles. The topological polar surface area (TPSA) is 105 Å². The number of hydrogen-bond donors (Lipinski definition) is 2. The van der Waals surface area contributed by atoms with Crippen molar-refractivity contribution in [3.63, 3.8) is 0 Å². The summed E-state index contributed by atoms with van der Waals surface area (Å²) < 4.78 is 5.76. The van der Waals surface area contributed by atoms with Gasteiger partial charge in [0.2, 0.25) is 0 Å². The Hall–Kier alpha value is -1.57. The predicted octanol–water partition coefficient (Wildman–Crippen LogP) is 1.94. The molecule has 0 unspecified atom stereocenters. The summed E-state index contributed by atoms with van der Waals surface area (Å²) in [7, 11) is 0. The average Bonchev–Trinajstić information content (AvgIpc) is 2.49. The summed E-state index contributed by atoms with van der Waals surface area (Å²) in [6, 6.07) is 0. The van der Waals surface area contributed by atoms with Crippen LogP contribution in [0.5, 0.6) is 0 Å². The van der Waals surface area contributed by atoms with Gasteiger partial charge in [-0.2, -0.15) is 5.10 Å². The van der Waals surface area contributed by atoms with Crippen molar-refractivity contribution in [2.24, 2.45) is 17.8 Å². The highest BCUT2D eigenvalue weighted by molar-refractivity contribution is 8.00. The Bertz CT molecular complexity index is 684. The number of nitrogens with zero attached hydrogens (tertiary/aromatic N) is 1. The molecule has 2 rings (SSSR count). The molecule has 24 heavy (non-hydrogen) atoms. The van der Waals surface area contributed by atoms with Crippen LogP contribution in [0.3, 0.4) is 0 Å². The fourth-order valence-corrected chi connectivity index (χ4v) is 3.87. The first kappa shape index (κ1) is 18.8. The maximum absolute atomic E-state index is 12.4. The third-order valence-electron chi connectivity index (χ3n) is 4.53. The van der Waals surface area contributed by atoms with Crippen molar-refractivity contribution in [1.82, 2.24) is 15.2 Å². The zero-order valence-corrected chi connectivity index (χ0v) is 15.3. The van der Waals surface area contributed by atoms with Gasteiger partial charge in [0.1, 0.15) is 11.4 Å². The number of esters is 1. The van der Waals surface area contributed by atoms with Gasteiger partial charge in [-0.3, -0.25) is 14.6 Å². The number of carbonyl (C=O) groups is 1. The molecule has 1 aromatic rings. The van der Waals surface area contributed by atoms with Crippen LogP contribution in [0.2, 0.25) is 0 Å². The Morgan fingerprint density at radius 1 is 1.29 bits per heavy atom. The van der Waals surface area contributed by atoms with Gasteiger partial charge in [-0.05, 0) is 37.5 Å². The second-order valence-corrected chi connectivity index (χ2v) is 8.20. The van der Waals surface area contributed by atoms with E-state index in [2.05, 4.69) is 36.0 Å². The van der Waals surface area contributed by atoms with E-state index in [0.717, 1.165) is 31.0 Å². The minimum absolute atomic E-state index is 0.0523. The van der Waals surface area contributed by atoms with Crippen LogP contribution in [-0.4, -0.2) is 32.5 Å². The normalized spacial score (nSPS) is 25.5. The summed E-state index contributed by atoms with van der Waals surface area (Å²) in [6.07, 6.45) is 3.03. The largest absolute Gasteiger partial charge is 0.461 e. The summed E-state index contributed by atoms with van der Waals surface area (Å²) in [5.74, 6) is 1.03. The van der Waals surface area contributed by atoms with Crippen molar-refractivity contribution in [3.8, 4) is 0 Å². The maximum atomic E-state index is 12.4. The zero-order chi connectivity index (χ0) is 17.9. The van der Waals surface area contributed by atoms with Gasteiger partial charge in [0.15, 0.2) is 5.03 Å². The summed E-state index contributed by atoms with van der Waals surface area (Å²) in [5.41, 5.74) is -1.27. The lowest BCUT2D eigenvalue weighted by Crippen LogP contribution is -2.37. The minimum atomic E-state index is -0.671. The van der Waals surface area contributed by atoms with Gasteiger partial charge in [0.05, 0.1) is 0 Å². The second-order valence-electron chi connectivity index (χ2n) is 6.87. The van der Waals surface area contributed by atoms with Crippen LogP contribution in [0.25, 0.3) is 0 Å². The molecule has 7 nitrogen and oxygen atoms in total. The molecule has 0 spiro atoms. The van der Waals surface area contributed by atoms with Crippen molar-refractivity contribution in [2.45, 2.75) is 63.3 Å². The Kier molecular flexibility index (Phi) is 6.26. The monoisotopic (exact) mass is 355 g/mol. The first-order chi connectivity index (χ1) is 11.3. The Morgan fingerprint density at radius 3 is 2.62 bits per heavy atom. The lowest BCUT2D eigenvalue weighted by Gasteiger charge is -2.37. The number of nitrogens with one attached hydrogen (secondary N) is 2. The van der Waals surface area contributed by atoms with E-state index in [1.165, 1.54) is 0 Å². The molecule has 0 aliphatic heterocycles. The number of aromatic nitrogens is 3. The van der Waals surface area contributed by atoms with Gasteiger partial charge in [-0.15, -0.1) is 0 Å². The van der Waals surface area contributed by atoms with Gasteiger partial charge in [0, 0.05) is 0 Å². The van der Waals surface area contributed by atoms with Gasteiger partial charge in [0.25, 0.3) is 5.56 Å². The fourth-order valence-electron chi connectivity index (χ4n) is 3.13. The Labute approximate surface area is 145 Å². The molecular weight excluding hydrogens is 330 g/mol. The first-order valence-electron chi connectivity index (χ1n) is 8.34. The Morgan fingerprint density at radius 2 is 2.00 bits per heavy atom. The van der Waals surface area contributed by atoms with Gasteiger partial charge in [-0.25, -0.2) is 9.89 Å². The number of rotatable bonds is 5. The predicted molar refractivity (Wildman–Crippen MR) is 92.0 cm³/mol. The van der Waals surface area contributed by atoms with E-state index in [9.17, 15) is 14.4 Å². The van der Waals surface area contributed by atoms with Crippen LogP contribution < -0.4 is 11.2 Å². The summed E-state index contributed by atoms with van der Waals surface area (Å²) in [6.45, 7) is 8.17. The number of hydrogen-bond acceptors (Lipinski definition) is 6. The zero-order valence-electron chi connectivity index (χ0n) is 14.5. The van der Waals surface area contributed by atoms with Crippen LogP contribution in [0, 0.1) is 17.8 Å². The van der Waals surface area contributed by atoms with Gasteiger partial charge >= 0.3 is 11.7 Å². The minimum Gasteiger partial charge on any atom is -0.461 e. The van der Waals surface area contributed by atoms with Crippen LogP contribution in [0.15, 0.2) is 14.6 Å². The molecule has 1 fully saturated rings. The third-order valence-corrected chi connectivity index (χ3v) is 5.58. The van der Waals surface area contributed by atoms with E-state index < -0.39 is 16.5 Å². The summed E-state index contributed by atoms with van der Waals surface area (Å²) >= 11 is 0.986. The van der Waals surface area contributed by atoms with Crippen molar-refractivity contribution >= 4 is 17.7 Å². The first-order valence-corrected chi connectivity index (χ1v) is 9.22. The Balaban J connectivity index is 2.01. The second kappa shape index (κ2) is 8.00. The van der Waals surface area contributed by atoms with E-state index in [4.69, 9.17) is 4.74 Å². The molecule has 1 aromatic heterocycles. The van der Waals surface area contributed by atoms with E-state index in [-0.39, 0.29) is 17.1 Å². The van der Waals surface area contributed by atoms with Gasteiger partial charge < -0.3 is 4.74 Å². The molecule has 134 valence electrons. The SMILES string of the molecule is CC(C)[C@H]1CC[C@@H](C)C[C@@H]1OC(=O)[C@H](C)Sc1n[nH]c(=O)[nH]c1=O. The van der Waals surface area contributed by atoms with Crippen LogP contribution in [0.1, 0.15) is 47.0 Å². The molecule has 1 heterocycles. The van der Waals surface area contributed by atoms with E-state index in [1.807, 2.05) is 0 Å². The highest BCUT2D eigenvalue weighted by Crippen LogP contribution is 2.36. The number of H-pyrrole nitrogens is 2. The van der Waals surface area contributed by atoms with E-state index in [1.54, 1.807) is 6.92 Å². The molecular formula is C16H25N3O4S. The fraction of sp³-hybridized carbons (Fsp3) is 0.750. The highest BCUT2D eigenvalue weighted by Gasteiger charge is 2.34. The molecule has 2 N–H and O–H groups in total. The standard InChI is InChI=1S/C16H25N3O4S/c1-8(2)11-6-5-9(3)7-12(11)23-15(21)10(4)24-14-13(20)17-16(22)19-18-14/h8-12H,5-7H2,1-4H3,(H2,17,19,20,22)/t9-,10+,11-,12+/m1/s1. The van der Waals surface area contributed by atoms with Crippen molar-refractivity contribution in [1.29, 1.82) is 0 Å². The molecule has 0 saturated heterocycles. The van der Waals surface area contributed by atoms with E-state index in [0.29, 0.717) is 17.8 Å². The van der Waals surface area contributed by atoms with Crippen molar-refractivity contribution in [3.05, 3.63) is 20.8 Å². The molecule has 0 bridgehead atoms. The molecule has 0 amide bonds. The molecule has 0 radical (unpaired) electrons. The molecule has 4 atom stereocenters. The molecule has 0 aromatic carbocycles. The molecule has 1 aliphatic carbocycles. The van der Waals surface area contributed by atoms with Crippen LogP contribution in [0.4, 0.5) is 0 Å². The highest BCUT2D eigenvalue weighted by atomic mass is 32.2. The van der Waals surface area contributed by atoms with Crippen LogP contribution >= 0.6 is 11.8 Å². The summed E-state index contributed by atoms with van der Waals surface area (Å²) in [4.78, 5) is 37.1. The third kappa shape index (κ3) is 4.72. The smallest absolute Gasteiger partial charge is 0.342 e.